The van der Waals surface area contributed by atoms with Gasteiger partial charge < -0.3 is 20.7 Å². The van der Waals surface area contributed by atoms with Gasteiger partial charge in [-0.05, 0) is 37.6 Å². The molecule has 1 heterocycles. The maximum absolute atomic E-state index is 5.84. The molecule has 0 amide bonds. The highest BCUT2D eigenvalue weighted by atomic mass is 16.5. The molecule has 2 aromatic rings. The minimum Gasteiger partial charge on any atom is -0.494 e. The Bertz CT molecular complexity index is 647. The molecule has 0 atom stereocenters. The molecule has 0 aliphatic carbocycles. The van der Waals surface area contributed by atoms with E-state index in [9.17, 15) is 0 Å². The summed E-state index contributed by atoms with van der Waals surface area (Å²) in [5.41, 5.74) is 6.71. The Labute approximate surface area is 149 Å². The van der Waals surface area contributed by atoms with E-state index in [-0.39, 0.29) is 5.95 Å². The lowest BCUT2D eigenvalue weighted by molar-refractivity contribution is 0.340. The molecule has 0 radical (unpaired) electrons. The summed E-state index contributed by atoms with van der Waals surface area (Å²) in [6, 6.07) is 7.63. The van der Waals surface area contributed by atoms with Gasteiger partial charge in [-0.3, -0.25) is 0 Å². The molecule has 0 saturated heterocycles. The lowest BCUT2D eigenvalue weighted by Gasteiger charge is -2.17. The first-order chi connectivity index (χ1) is 12.1. The summed E-state index contributed by atoms with van der Waals surface area (Å²) in [7, 11) is 1.97. The van der Waals surface area contributed by atoms with Gasteiger partial charge in [0.25, 0.3) is 0 Å². The summed E-state index contributed by atoms with van der Waals surface area (Å²) in [4.78, 5) is 14.9. The molecule has 0 saturated carbocycles. The lowest BCUT2D eigenvalue weighted by atomic mass is 10.2. The van der Waals surface area contributed by atoms with Crippen molar-refractivity contribution in [3.8, 4) is 5.75 Å². The van der Waals surface area contributed by atoms with Crippen molar-refractivity contribution < 1.29 is 4.74 Å². The van der Waals surface area contributed by atoms with Crippen LogP contribution in [0.5, 0.6) is 5.75 Å². The topological polar surface area (TPSA) is 89.2 Å². The highest BCUT2D eigenvalue weighted by molar-refractivity contribution is 5.56. The summed E-state index contributed by atoms with van der Waals surface area (Å²) in [5, 5.41) is 3.16. The summed E-state index contributed by atoms with van der Waals surface area (Å²) < 4.78 is 5.44. The Morgan fingerprint density at radius 1 is 1.04 bits per heavy atom. The molecule has 0 bridgehead atoms. The minimum atomic E-state index is 0.207. The zero-order valence-corrected chi connectivity index (χ0v) is 15.3. The van der Waals surface area contributed by atoms with Crippen LogP contribution in [0.15, 0.2) is 24.3 Å². The van der Waals surface area contributed by atoms with Crippen LogP contribution in [0.4, 0.5) is 23.5 Å². The van der Waals surface area contributed by atoms with Gasteiger partial charge in [0.2, 0.25) is 17.8 Å². The number of ether oxygens (including phenoxy) is 1. The molecule has 7 nitrogen and oxygen atoms in total. The number of aromatic nitrogens is 3. The molecule has 0 aliphatic heterocycles. The number of benzene rings is 1. The van der Waals surface area contributed by atoms with Crippen molar-refractivity contribution in [1.82, 2.24) is 15.0 Å². The van der Waals surface area contributed by atoms with E-state index in [4.69, 9.17) is 10.5 Å². The van der Waals surface area contributed by atoms with Gasteiger partial charge >= 0.3 is 0 Å². The first-order valence-electron chi connectivity index (χ1n) is 8.85. The standard InChI is InChI=1S/C18H28N6O/c1-4-6-7-8-13-24(3)18-22-16(19)21-17(23-18)20-14-9-11-15(12-10-14)25-5-2/h9-12H,4-8,13H2,1-3H3,(H3,19,20,21,22,23). The number of nitrogens with two attached hydrogens (primary N) is 1. The Balaban J connectivity index is 2.02. The fourth-order valence-corrected chi connectivity index (χ4v) is 2.41. The van der Waals surface area contributed by atoms with E-state index >= 15 is 0 Å². The quantitative estimate of drug-likeness (QED) is 0.636. The number of hydrogen-bond donors (Lipinski definition) is 2. The lowest BCUT2D eigenvalue weighted by Crippen LogP contribution is -2.22. The molecular formula is C18H28N6O. The van der Waals surface area contributed by atoms with Gasteiger partial charge in [-0.15, -0.1) is 0 Å². The van der Waals surface area contributed by atoms with Crippen molar-refractivity contribution in [1.29, 1.82) is 0 Å². The van der Waals surface area contributed by atoms with Crippen LogP contribution in [-0.4, -0.2) is 35.2 Å². The van der Waals surface area contributed by atoms with E-state index in [2.05, 4.69) is 27.2 Å². The molecule has 7 heteroatoms. The van der Waals surface area contributed by atoms with Gasteiger partial charge in [0, 0.05) is 19.3 Å². The molecule has 3 N–H and O–H groups in total. The molecule has 25 heavy (non-hydrogen) atoms. The van der Waals surface area contributed by atoms with Crippen molar-refractivity contribution in [2.45, 2.75) is 39.5 Å². The monoisotopic (exact) mass is 344 g/mol. The van der Waals surface area contributed by atoms with Crippen LogP contribution >= 0.6 is 0 Å². The molecule has 0 fully saturated rings. The summed E-state index contributed by atoms with van der Waals surface area (Å²) in [6.45, 7) is 5.70. The molecule has 1 aromatic heterocycles. The van der Waals surface area contributed by atoms with E-state index in [1.54, 1.807) is 0 Å². The largest absolute Gasteiger partial charge is 0.494 e. The average molecular weight is 344 g/mol. The summed E-state index contributed by atoms with van der Waals surface area (Å²) >= 11 is 0. The third-order valence-electron chi connectivity index (χ3n) is 3.75. The first kappa shape index (κ1) is 18.8. The zero-order chi connectivity index (χ0) is 18.1. The SMILES string of the molecule is CCCCCCN(C)c1nc(N)nc(Nc2ccc(OCC)cc2)n1. The second-order valence-corrected chi connectivity index (χ2v) is 5.88. The molecule has 0 aliphatic rings. The van der Waals surface area contributed by atoms with Crippen LogP contribution in [0, 0.1) is 0 Å². The summed E-state index contributed by atoms with van der Waals surface area (Å²) in [6.07, 6.45) is 4.78. The highest BCUT2D eigenvalue weighted by Crippen LogP contribution is 2.20. The van der Waals surface area contributed by atoms with E-state index < -0.39 is 0 Å². The minimum absolute atomic E-state index is 0.207. The number of anilines is 4. The van der Waals surface area contributed by atoms with E-state index in [1.807, 2.05) is 43.1 Å². The van der Waals surface area contributed by atoms with Crippen molar-refractivity contribution in [3.63, 3.8) is 0 Å². The van der Waals surface area contributed by atoms with Crippen LogP contribution in [0.1, 0.15) is 39.5 Å². The van der Waals surface area contributed by atoms with Gasteiger partial charge in [0.15, 0.2) is 0 Å². The number of nitrogens with one attached hydrogen (secondary N) is 1. The Hall–Kier alpha value is -2.57. The zero-order valence-electron chi connectivity index (χ0n) is 15.3. The number of unbranched alkanes of at least 4 members (excludes halogenated alkanes) is 3. The smallest absolute Gasteiger partial charge is 0.233 e. The van der Waals surface area contributed by atoms with Gasteiger partial charge in [0.1, 0.15) is 5.75 Å². The molecule has 1 aromatic carbocycles. The van der Waals surface area contributed by atoms with E-state index in [0.29, 0.717) is 18.5 Å². The Morgan fingerprint density at radius 2 is 1.80 bits per heavy atom. The molecule has 0 spiro atoms. The first-order valence-corrected chi connectivity index (χ1v) is 8.85. The fourth-order valence-electron chi connectivity index (χ4n) is 2.41. The molecule has 136 valence electrons. The van der Waals surface area contributed by atoms with Crippen molar-refractivity contribution in [3.05, 3.63) is 24.3 Å². The molecular weight excluding hydrogens is 316 g/mol. The van der Waals surface area contributed by atoms with E-state index in [0.717, 1.165) is 24.4 Å². The van der Waals surface area contributed by atoms with Crippen LogP contribution in [0.25, 0.3) is 0 Å². The second-order valence-electron chi connectivity index (χ2n) is 5.88. The highest BCUT2D eigenvalue weighted by Gasteiger charge is 2.09. The van der Waals surface area contributed by atoms with Gasteiger partial charge in [-0.2, -0.15) is 15.0 Å². The van der Waals surface area contributed by atoms with Crippen LogP contribution in [0.3, 0.4) is 0 Å². The fraction of sp³-hybridized carbons (Fsp3) is 0.500. The van der Waals surface area contributed by atoms with Crippen LogP contribution in [-0.2, 0) is 0 Å². The number of rotatable bonds is 10. The molecule has 0 unspecified atom stereocenters. The second kappa shape index (κ2) is 9.66. The van der Waals surface area contributed by atoms with E-state index in [1.165, 1.54) is 19.3 Å². The Morgan fingerprint density at radius 3 is 2.48 bits per heavy atom. The predicted octanol–water partition coefficient (Wildman–Crippen LogP) is 3.61. The number of nitrogen functional groups attached to an aromatic ring is 1. The third-order valence-corrected chi connectivity index (χ3v) is 3.75. The Kier molecular flexibility index (Phi) is 7.25. The average Bonchev–Trinajstić information content (AvgIpc) is 2.60. The van der Waals surface area contributed by atoms with Crippen LogP contribution < -0.4 is 20.7 Å². The van der Waals surface area contributed by atoms with Crippen molar-refractivity contribution in [2.24, 2.45) is 0 Å². The predicted molar refractivity (Wildman–Crippen MR) is 103 cm³/mol. The maximum Gasteiger partial charge on any atom is 0.233 e. The number of hydrogen-bond acceptors (Lipinski definition) is 7. The van der Waals surface area contributed by atoms with Crippen molar-refractivity contribution in [2.75, 3.05) is 36.1 Å². The van der Waals surface area contributed by atoms with Gasteiger partial charge in [-0.25, -0.2) is 0 Å². The van der Waals surface area contributed by atoms with Gasteiger partial charge in [0.05, 0.1) is 6.61 Å². The molecule has 2 rings (SSSR count). The normalized spacial score (nSPS) is 10.5. The number of nitrogens with zero attached hydrogens (tertiary/aromatic N) is 4. The maximum atomic E-state index is 5.84. The van der Waals surface area contributed by atoms with Crippen LogP contribution in [0.2, 0.25) is 0 Å². The van der Waals surface area contributed by atoms with Crippen molar-refractivity contribution >= 4 is 23.5 Å². The summed E-state index contributed by atoms with van der Waals surface area (Å²) in [5.74, 6) is 2.05. The van der Waals surface area contributed by atoms with Gasteiger partial charge in [-0.1, -0.05) is 26.2 Å². The third kappa shape index (κ3) is 6.10.